The van der Waals surface area contributed by atoms with Crippen LogP contribution in [0.25, 0.3) is 0 Å². The molecule has 0 aliphatic carbocycles. The maximum absolute atomic E-state index is 8.22. The monoisotopic (exact) mass is 200 g/mol. The first-order valence-corrected chi connectivity index (χ1v) is 3.86. The second kappa shape index (κ2) is 4.20. The van der Waals surface area contributed by atoms with Gasteiger partial charge >= 0.3 is 0 Å². The van der Waals surface area contributed by atoms with Gasteiger partial charge in [0.05, 0.1) is 10.0 Å². The van der Waals surface area contributed by atoms with Crippen LogP contribution in [0.3, 0.4) is 0 Å². The van der Waals surface area contributed by atoms with E-state index in [0.29, 0.717) is 15.8 Å². The Kier molecular flexibility index (Phi) is 3.21. The molecule has 0 aliphatic rings. The van der Waals surface area contributed by atoms with Crippen LogP contribution in [-0.2, 0) is 0 Å². The Labute approximate surface area is 80.3 Å². The van der Waals surface area contributed by atoms with Crippen molar-refractivity contribution in [3.05, 3.63) is 28.2 Å². The molecular weight excluding hydrogens is 197 g/mol. The van der Waals surface area contributed by atoms with Gasteiger partial charge < -0.3 is 4.74 Å². The van der Waals surface area contributed by atoms with E-state index in [2.05, 4.69) is 6.07 Å². The summed E-state index contributed by atoms with van der Waals surface area (Å²) in [5.74, 6) is 0.311. The number of hydrogen-bond acceptors (Lipinski definition) is 2. The molecule has 2 nitrogen and oxygen atoms in total. The van der Waals surface area contributed by atoms with E-state index in [0.717, 1.165) is 0 Å². The van der Waals surface area contributed by atoms with Gasteiger partial charge in [0.2, 0.25) is 0 Å². The van der Waals surface area contributed by atoms with Gasteiger partial charge in [-0.15, -0.1) is 0 Å². The van der Waals surface area contributed by atoms with E-state index in [-0.39, 0.29) is 6.61 Å². The second-order valence-corrected chi connectivity index (χ2v) is 2.74. The van der Waals surface area contributed by atoms with E-state index in [9.17, 15) is 0 Å². The van der Waals surface area contributed by atoms with E-state index in [1.807, 2.05) is 6.07 Å². The van der Waals surface area contributed by atoms with Crippen molar-refractivity contribution in [2.45, 2.75) is 0 Å². The van der Waals surface area contributed by atoms with Crippen molar-refractivity contribution in [1.29, 1.82) is 5.26 Å². The normalized spacial score (nSPS) is 9.08. The molecule has 0 spiro atoms. The van der Waals surface area contributed by atoms with Gasteiger partial charge in [0.15, 0.2) is 6.61 Å². The molecule has 4 heteroatoms. The number of halogens is 2. The number of ether oxygens (including phenoxy) is 1. The number of nitrogens with zero attached hydrogens (tertiary/aromatic N) is 1. The van der Waals surface area contributed by atoms with Gasteiger partial charge in [-0.1, -0.05) is 23.2 Å². The standard InChI is InChI=1S/C8H4Cl2NO/c9-6-1-2-7(10)8(5-6)12-4-3-11/h1-2H,4H2. The third-order valence-electron chi connectivity index (χ3n) is 1.11. The third-order valence-corrected chi connectivity index (χ3v) is 1.63. The fraction of sp³-hybridized carbons (Fsp3) is 0.125. The summed E-state index contributed by atoms with van der Waals surface area (Å²) in [6.07, 6.45) is 0. The number of hydrogen-bond donors (Lipinski definition) is 0. The zero-order valence-electron chi connectivity index (χ0n) is 5.97. The highest BCUT2D eigenvalue weighted by molar-refractivity contribution is 6.34. The molecule has 1 aromatic rings. The predicted molar refractivity (Wildman–Crippen MR) is 46.4 cm³/mol. The molecule has 0 fully saturated rings. The molecule has 0 saturated heterocycles. The highest BCUT2D eigenvalue weighted by Crippen LogP contribution is 2.26. The van der Waals surface area contributed by atoms with Gasteiger partial charge in [-0.3, -0.25) is 0 Å². The summed E-state index contributed by atoms with van der Waals surface area (Å²) in [5, 5.41) is 9.03. The lowest BCUT2D eigenvalue weighted by Crippen LogP contribution is -1.93. The Balaban J connectivity index is 2.84. The molecule has 61 valence electrons. The summed E-state index contributed by atoms with van der Waals surface area (Å²) in [6.45, 7) is -0.0590. The summed E-state index contributed by atoms with van der Waals surface area (Å²) < 4.78 is 4.93. The first kappa shape index (κ1) is 9.18. The SMILES string of the molecule is N#CCOc1[c]c(Cl)ccc1Cl. The maximum atomic E-state index is 8.22. The quantitative estimate of drug-likeness (QED) is 0.736. The maximum Gasteiger partial charge on any atom is 0.174 e. The van der Waals surface area contributed by atoms with E-state index in [4.69, 9.17) is 33.2 Å². The van der Waals surface area contributed by atoms with Gasteiger partial charge in [0.1, 0.15) is 11.8 Å². The Morgan fingerprint density at radius 3 is 2.92 bits per heavy atom. The van der Waals surface area contributed by atoms with E-state index < -0.39 is 0 Å². The van der Waals surface area contributed by atoms with E-state index in [1.54, 1.807) is 12.1 Å². The summed E-state index contributed by atoms with van der Waals surface area (Å²) in [6, 6.07) is 7.68. The van der Waals surface area contributed by atoms with Crippen molar-refractivity contribution in [3.8, 4) is 11.8 Å². The van der Waals surface area contributed by atoms with Gasteiger partial charge in [-0.2, -0.15) is 5.26 Å². The molecule has 0 bridgehead atoms. The van der Waals surface area contributed by atoms with Gasteiger partial charge in [-0.25, -0.2) is 0 Å². The second-order valence-electron chi connectivity index (χ2n) is 1.93. The van der Waals surface area contributed by atoms with Crippen molar-refractivity contribution in [2.24, 2.45) is 0 Å². The van der Waals surface area contributed by atoms with Crippen molar-refractivity contribution >= 4 is 23.2 Å². The third kappa shape index (κ3) is 2.30. The van der Waals surface area contributed by atoms with Gasteiger partial charge in [0.25, 0.3) is 0 Å². The molecule has 0 aliphatic heterocycles. The minimum absolute atomic E-state index is 0.0590. The zero-order valence-corrected chi connectivity index (χ0v) is 7.49. The summed E-state index contributed by atoms with van der Waals surface area (Å²) >= 11 is 11.3. The molecule has 1 aromatic carbocycles. The van der Waals surface area contributed by atoms with Crippen LogP contribution in [0.1, 0.15) is 0 Å². The van der Waals surface area contributed by atoms with Crippen LogP contribution in [0.4, 0.5) is 0 Å². The topological polar surface area (TPSA) is 33.0 Å². The van der Waals surface area contributed by atoms with Crippen LogP contribution < -0.4 is 4.74 Å². The molecule has 1 radical (unpaired) electrons. The van der Waals surface area contributed by atoms with Crippen molar-refractivity contribution in [1.82, 2.24) is 0 Å². The lowest BCUT2D eigenvalue weighted by molar-refractivity contribution is 0.367. The summed E-state index contributed by atoms with van der Waals surface area (Å²) in [7, 11) is 0. The van der Waals surface area contributed by atoms with Crippen LogP contribution in [0.15, 0.2) is 12.1 Å². The minimum Gasteiger partial charge on any atom is -0.476 e. The lowest BCUT2D eigenvalue weighted by atomic mass is 10.3. The molecule has 0 amide bonds. The lowest BCUT2D eigenvalue weighted by Gasteiger charge is -2.02. The molecule has 1 rings (SSSR count). The molecular formula is C8H4Cl2NO. The molecule has 0 N–H and O–H groups in total. The van der Waals surface area contributed by atoms with Crippen molar-refractivity contribution in [2.75, 3.05) is 6.61 Å². The summed E-state index contributed by atoms with van der Waals surface area (Å²) in [5.41, 5.74) is 0. The highest BCUT2D eigenvalue weighted by Gasteiger charge is 2.01. The first-order chi connectivity index (χ1) is 5.74. The molecule has 0 saturated carbocycles. The molecule has 12 heavy (non-hydrogen) atoms. The van der Waals surface area contributed by atoms with Crippen LogP contribution in [0.2, 0.25) is 10.0 Å². The van der Waals surface area contributed by atoms with Crippen LogP contribution in [0.5, 0.6) is 5.75 Å². The Morgan fingerprint density at radius 1 is 1.50 bits per heavy atom. The molecule has 0 atom stereocenters. The fourth-order valence-corrected chi connectivity index (χ4v) is 0.955. The average Bonchev–Trinajstić information content (AvgIpc) is 2.07. The smallest absolute Gasteiger partial charge is 0.174 e. The first-order valence-electron chi connectivity index (χ1n) is 3.11. The highest BCUT2D eigenvalue weighted by atomic mass is 35.5. The zero-order chi connectivity index (χ0) is 8.97. The minimum atomic E-state index is -0.0590. The Hall–Kier alpha value is -0.910. The van der Waals surface area contributed by atoms with Gasteiger partial charge in [0, 0.05) is 6.07 Å². The Bertz CT molecular complexity index is 319. The van der Waals surface area contributed by atoms with Crippen molar-refractivity contribution < 1.29 is 4.74 Å². The molecule has 0 unspecified atom stereocenters. The fourth-order valence-electron chi connectivity index (χ4n) is 0.641. The number of rotatable bonds is 2. The summed E-state index contributed by atoms with van der Waals surface area (Å²) in [4.78, 5) is 0. The largest absolute Gasteiger partial charge is 0.476 e. The molecule has 0 aromatic heterocycles. The van der Waals surface area contributed by atoms with Crippen LogP contribution >= 0.6 is 23.2 Å². The predicted octanol–water partition coefficient (Wildman–Crippen LogP) is 2.70. The van der Waals surface area contributed by atoms with Crippen molar-refractivity contribution in [3.63, 3.8) is 0 Å². The number of nitriles is 1. The molecule has 0 heterocycles. The van der Waals surface area contributed by atoms with E-state index >= 15 is 0 Å². The van der Waals surface area contributed by atoms with Gasteiger partial charge in [-0.05, 0) is 12.1 Å². The van der Waals surface area contributed by atoms with E-state index in [1.165, 1.54) is 0 Å². The number of benzene rings is 1. The average molecular weight is 201 g/mol. The van der Waals surface area contributed by atoms with Crippen LogP contribution in [-0.4, -0.2) is 6.61 Å². The van der Waals surface area contributed by atoms with Crippen LogP contribution in [0, 0.1) is 17.4 Å². The Morgan fingerprint density at radius 2 is 2.25 bits per heavy atom.